The third kappa shape index (κ3) is 1.40. The first-order chi connectivity index (χ1) is 7.34. The molecule has 0 saturated carbocycles. The number of hydrogen-bond donors (Lipinski definition) is 1. The van der Waals surface area contributed by atoms with Gasteiger partial charge in [0, 0.05) is 10.9 Å². The number of aromatic nitrogens is 4. The summed E-state index contributed by atoms with van der Waals surface area (Å²) in [6, 6.07) is 1.96. The van der Waals surface area contributed by atoms with E-state index in [1.807, 2.05) is 16.8 Å². The molecule has 0 aromatic carbocycles. The highest BCUT2D eigenvalue weighted by Crippen LogP contribution is 2.24. The predicted octanol–water partition coefficient (Wildman–Crippen LogP) is 2.73. The molecule has 4 nitrogen and oxygen atoms in total. The number of nitrogens with zero attached hydrogens (tertiary/aromatic N) is 3. The number of fused-ring (bicyclic) bond motifs is 1. The van der Waals surface area contributed by atoms with Gasteiger partial charge in [0.1, 0.15) is 11.0 Å². The lowest BCUT2D eigenvalue weighted by atomic mass is 10.3. The molecule has 0 radical (unpaired) electrons. The summed E-state index contributed by atoms with van der Waals surface area (Å²) in [5, 5.41) is 11.0. The zero-order valence-electron chi connectivity index (χ0n) is 7.44. The van der Waals surface area contributed by atoms with Crippen molar-refractivity contribution in [1.29, 1.82) is 0 Å². The van der Waals surface area contributed by atoms with E-state index in [-0.39, 0.29) is 0 Å². The van der Waals surface area contributed by atoms with Crippen LogP contribution in [0.5, 0.6) is 0 Å². The molecule has 0 saturated heterocycles. The van der Waals surface area contributed by atoms with Crippen LogP contribution >= 0.6 is 22.9 Å². The number of aromatic amines is 1. The Kier molecular flexibility index (Phi) is 1.93. The highest BCUT2D eigenvalue weighted by atomic mass is 35.5. The Labute approximate surface area is 94.0 Å². The average Bonchev–Trinajstić information content (AvgIpc) is 2.88. The van der Waals surface area contributed by atoms with Crippen LogP contribution in [0.3, 0.4) is 0 Å². The first-order valence-corrected chi connectivity index (χ1v) is 5.56. The minimum atomic E-state index is 0.402. The Morgan fingerprint density at radius 1 is 1.33 bits per heavy atom. The third-order valence-electron chi connectivity index (χ3n) is 2.04. The van der Waals surface area contributed by atoms with Gasteiger partial charge in [0.15, 0.2) is 11.0 Å². The van der Waals surface area contributed by atoms with Crippen LogP contribution in [0.2, 0.25) is 5.15 Å². The number of halogens is 1. The zero-order valence-corrected chi connectivity index (χ0v) is 9.01. The largest absolute Gasteiger partial charge is 0.273 e. The highest BCUT2D eigenvalue weighted by Gasteiger charge is 2.09. The van der Waals surface area contributed by atoms with Crippen molar-refractivity contribution in [2.45, 2.75) is 0 Å². The third-order valence-corrected chi connectivity index (χ3v) is 2.99. The number of rotatable bonds is 1. The molecule has 1 N–H and O–H groups in total. The molecule has 0 aliphatic carbocycles. The molecule has 74 valence electrons. The summed E-state index contributed by atoms with van der Waals surface area (Å²) in [6.07, 6.45) is 1.64. The molecule has 0 aliphatic heterocycles. The van der Waals surface area contributed by atoms with E-state index >= 15 is 0 Å². The minimum absolute atomic E-state index is 0.402. The monoisotopic (exact) mass is 236 g/mol. The molecule has 0 spiro atoms. The molecule has 15 heavy (non-hydrogen) atoms. The van der Waals surface area contributed by atoms with E-state index in [4.69, 9.17) is 11.6 Å². The SMILES string of the molecule is Clc1nc(-c2ccsc2)nc2cn[nH]c12. The average molecular weight is 237 g/mol. The molecule has 3 heterocycles. The Balaban J connectivity index is 2.29. The normalized spacial score (nSPS) is 11.0. The maximum absolute atomic E-state index is 6.00. The van der Waals surface area contributed by atoms with Crippen molar-refractivity contribution in [3.05, 3.63) is 28.2 Å². The fourth-order valence-corrected chi connectivity index (χ4v) is 2.18. The van der Waals surface area contributed by atoms with Gasteiger partial charge in [-0.3, -0.25) is 5.10 Å². The second-order valence-electron chi connectivity index (χ2n) is 2.98. The summed E-state index contributed by atoms with van der Waals surface area (Å²) in [5.74, 6) is 0.634. The lowest BCUT2D eigenvalue weighted by Crippen LogP contribution is -1.88. The summed E-state index contributed by atoms with van der Waals surface area (Å²) in [6.45, 7) is 0. The van der Waals surface area contributed by atoms with Crippen molar-refractivity contribution in [2.24, 2.45) is 0 Å². The Morgan fingerprint density at radius 3 is 3.07 bits per heavy atom. The summed E-state index contributed by atoms with van der Waals surface area (Å²) in [4.78, 5) is 8.56. The fourth-order valence-electron chi connectivity index (χ4n) is 1.33. The van der Waals surface area contributed by atoms with Crippen LogP contribution in [-0.2, 0) is 0 Å². The van der Waals surface area contributed by atoms with E-state index in [1.165, 1.54) is 0 Å². The number of hydrogen-bond acceptors (Lipinski definition) is 4. The number of H-pyrrole nitrogens is 1. The van der Waals surface area contributed by atoms with E-state index in [2.05, 4.69) is 20.2 Å². The van der Waals surface area contributed by atoms with E-state index in [9.17, 15) is 0 Å². The van der Waals surface area contributed by atoms with Crippen LogP contribution in [0, 0.1) is 0 Å². The lowest BCUT2D eigenvalue weighted by molar-refractivity contribution is 1.11. The van der Waals surface area contributed by atoms with Crippen LogP contribution in [0.25, 0.3) is 22.4 Å². The van der Waals surface area contributed by atoms with Crippen LogP contribution in [-0.4, -0.2) is 20.2 Å². The Hall–Kier alpha value is -1.46. The Bertz CT molecular complexity index is 602. The van der Waals surface area contributed by atoms with Crippen molar-refractivity contribution in [3.63, 3.8) is 0 Å². The van der Waals surface area contributed by atoms with Gasteiger partial charge in [0.05, 0.1) is 6.20 Å². The molecule has 0 atom stereocenters. The Morgan fingerprint density at radius 2 is 2.27 bits per heavy atom. The number of nitrogens with one attached hydrogen (secondary N) is 1. The number of thiophene rings is 1. The maximum atomic E-state index is 6.00. The first-order valence-electron chi connectivity index (χ1n) is 4.24. The molecule has 3 rings (SSSR count). The van der Waals surface area contributed by atoms with Crippen molar-refractivity contribution < 1.29 is 0 Å². The topological polar surface area (TPSA) is 54.5 Å². The molecule has 3 aromatic heterocycles. The molecule has 0 amide bonds. The minimum Gasteiger partial charge on any atom is -0.273 e. The molecule has 0 unspecified atom stereocenters. The molecule has 0 bridgehead atoms. The fraction of sp³-hybridized carbons (Fsp3) is 0. The van der Waals surface area contributed by atoms with Gasteiger partial charge in [0.25, 0.3) is 0 Å². The standard InChI is InChI=1S/C9H5ClN4S/c10-8-7-6(3-11-14-7)12-9(13-8)5-1-2-15-4-5/h1-4H,(H,11,14). The van der Waals surface area contributed by atoms with Crippen molar-refractivity contribution >= 4 is 34.0 Å². The van der Waals surface area contributed by atoms with Gasteiger partial charge >= 0.3 is 0 Å². The van der Waals surface area contributed by atoms with Gasteiger partial charge in [-0.1, -0.05) is 11.6 Å². The van der Waals surface area contributed by atoms with Gasteiger partial charge < -0.3 is 0 Å². The lowest BCUT2D eigenvalue weighted by Gasteiger charge is -1.97. The molecule has 3 aromatic rings. The van der Waals surface area contributed by atoms with Crippen LogP contribution in [0.15, 0.2) is 23.0 Å². The second-order valence-corrected chi connectivity index (χ2v) is 4.12. The zero-order chi connectivity index (χ0) is 10.3. The van der Waals surface area contributed by atoms with Crippen molar-refractivity contribution in [3.8, 4) is 11.4 Å². The van der Waals surface area contributed by atoms with Gasteiger partial charge in [0.2, 0.25) is 0 Å². The predicted molar refractivity (Wildman–Crippen MR) is 60.0 cm³/mol. The van der Waals surface area contributed by atoms with Gasteiger partial charge in [-0.05, 0) is 11.4 Å². The van der Waals surface area contributed by atoms with E-state index in [1.54, 1.807) is 17.5 Å². The molecular weight excluding hydrogens is 232 g/mol. The van der Waals surface area contributed by atoms with Gasteiger partial charge in [-0.15, -0.1) is 0 Å². The van der Waals surface area contributed by atoms with E-state index < -0.39 is 0 Å². The molecular formula is C9H5ClN4S. The van der Waals surface area contributed by atoms with Crippen LogP contribution < -0.4 is 0 Å². The highest BCUT2D eigenvalue weighted by molar-refractivity contribution is 7.08. The van der Waals surface area contributed by atoms with Gasteiger partial charge in [-0.25, -0.2) is 9.97 Å². The quantitative estimate of drug-likeness (QED) is 0.661. The van der Waals surface area contributed by atoms with Gasteiger partial charge in [-0.2, -0.15) is 16.4 Å². The first kappa shape index (κ1) is 8.82. The second kappa shape index (κ2) is 3.29. The molecule has 0 aliphatic rings. The molecule has 0 fully saturated rings. The summed E-state index contributed by atoms with van der Waals surface area (Å²) >= 11 is 7.60. The smallest absolute Gasteiger partial charge is 0.162 e. The van der Waals surface area contributed by atoms with Crippen molar-refractivity contribution in [1.82, 2.24) is 20.2 Å². The maximum Gasteiger partial charge on any atom is 0.162 e. The van der Waals surface area contributed by atoms with E-state index in [0.717, 1.165) is 11.1 Å². The van der Waals surface area contributed by atoms with Crippen LogP contribution in [0.1, 0.15) is 0 Å². The summed E-state index contributed by atoms with van der Waals surface area (Å²) in [5.41, 5.74) is 2.39. The van der Waals surface area contributed by atoms with E-state index in [0.29, 0.717) is 16.5 Å². The summed E-state index contributed by atoms with van der Waals surface area (Å²) in [7, 11) is 0. The summed E-state index contributed by atoms with van der Waals surface area (Å²) < 4.78 is 0. The molecule has 6 heteroatoms. The van der Waals surface area contributed by atoms with Crippen LogP contribution in [0.4, 0.5) is 0 Å². The van der Waals surface area contributed by atoms with Crippen molar-refractivity contribution in [2.75, 3.05) is 0 Å².